The molecule has 0 bridgehead atoms. The molecule has 0 aliphatic carbocycles. The van der Waals surface area contributed by atoms with Gasteiger partial charge in [0, 0.05) is 51.3 Å². The first-order chi connectivity index (χ1) is 22.1. The number of aryl methyl sites for hydroxylation is 1. The third-order valence-corrected chi connectivity index (χ3v) is 8.47. The first-order valence-electron chi connectivity index (χ1n) is 15.9. The van der Waals surface area contributed by atoms with Crippen molar-refractivity contribution in [2.75, 3.05) is 65.7 Å². The molecule has 2 aliphatic rings. The number of ether oxygens (including phenoxy) is 6. The summed E-state index contributed by atoms with van der Waals surface area (Å²) in [7, 11) is 4.93. The van der Waals surface area contributed by atoms with Crippen LogP contribution in [0.15, 0.2) is 60.7 Å². The number of piperidine rings is 1. The largest absolute Gasteiger partial charge is 0.493 e. The van der Waals surface area contributed by atoms with Gasteiger partial charge in [0.25, 0.3) is 0 Å². The molecule has 2 atom stereocenters. The van der Waals surface area contributed by atoms with E-state index in [1.807, 2.05) is 35.2 Å². The van der Waals surface area contributed by atoms with Gasteiger partial charge in [-0.2, -0.15) is 0 Å². The quantitative estimate of drug-likeness (QED) is 0.210. The van der Waals surface area contributed by atoms with E-state index in [2.05, 4.69) is 35.6 Å². The fraction of sp³-hybridized carbons (Fsp3) is 0.472. The van der Waals surface area contributed by atoms with Crippen LogP contribution in [0.3, 0.4) is 0 Å². The third-order valence-electron chi connectivity index (χ3n) is 8.47. The van der Waals surface area contributed by atoms with Gasteiger partial charge >= 0.3 is 0 Å². The van der Waals surface area contributed by atoms with E-state index in [0.29, 0.717) is 56.6 Å². The zero-order chi connectivity index (χ0) is 31.4. The number of nitrogens with one attached hydrogen (secondary N) is 1. The number of fused-ring (bicyclic) bond motifs is 1. The smallest absolute Gasteiger partial charge is 0.227 e. The van der Waals surface area contributed by atoms with Gasteiger partial charge in [0.1, 0.15) is 5.75 Å². The molecule has 0 radical (unpaired) electrons. The van der Waals surface area contributed by atoms with E-state index in [0.717, 1.165) is 55.8 Å². The van der Waals surface area contributed by atoms with Crippen LogP contribution in [0.4, 0.5) is 5.69 Å². The van der Waals surface area contributed by atoms with Crippen molar-refractivity contribution in [1.29, 1.82) is 0 Å². The Balaban J connectivity index is 1.13. The third kappa shape index (κ3) is 8.48. The Labute approximate surface area is 266 Å². The Bertz CT molecular complexity index is 1360. The van der Waals surface area contributed by atoms with Crippen LogP contribution in [0.5, 0.6) is 23.0 Å². The molecule has 5 rings (SSSR count). The van der Waals surface area contributed by atoms with Crippen molar-refractivity contribution in [1.82, 2.24) is 5.32 Å². The maximum Gasteiger partial charge on any atom is 0.227 e. The van der Waals surface area contributed by atoms with Crippen LogP contribution in [0, 0.1) is 0 Å². The fourth-order valence-corrected chi connectivity index (χ4v) is 6.07. The van der Waals surface area contributed by atoms with E-state index >= 15 is 0 Å². The normalized spacial score (nSPS) is 17.9. The number of hydrogen-bond acceptors (Lipinski definition) is 8. The molecule has 0 spiro atoms. The summed E-state index contributed by atoms with van der Waals surface area (Å²) in [6.45, 7) is 4.58. The van der Waals surface area contributed by atoms with Gasteiger partial charge in [-0.05, 0) is 72.8 Å². The molecule has 2 heterocycles. The molecule has 1 N–H and O–H groups in total. The first kappa shape index (κ1) is 32.6. The number of nitrogens with zero attached hydrogens (tertiary/aromatic N) is 1. The highest BCUT2D eigenvalue weighted by Crippen LogP contribution is 2.37. The van der Waals surface area contributed by atoms with Crippen molar-refractivity contribution < 1.29 is 33.2 Å². The number of anilines is 1. The summed E-state index contributed by atoms with van der Waals surface area (Å²) in [4.78, 5) is 14.6. The predicted octanol–water partition coefficient (Wildman–Crippen LogP) is 5.53. The van der Waals surface area contributed by atoms with Crippen LogP contribution in [-0.4, -0.2) is 72.8 Å². The first-order valence-corrected chi connectivity index (χ1v) is 15.9. The van der Waals surface area contributed by atoms with Gasteiger partial charge in [-0.25, -0.2) is 0 Å². The van der Waals surface area contributed by atoms with Crippen molar-refractivity contribution in [3.8, 4) is 23.0 Å². The summed E-state index contributed by atoms with van der Waals surface area (Å²) in [5.74, 6) is 3.19. The molecule has 9 heteroatoms. The van der Waals surface area contributed by atoms with Crippen molar-refractivity contribution in [2.45, 2.75) is 50.7 Å². The molecule has 0 saturated carbocycles. The lowest BCUT2D eigenvalue weighted by Crippen LogP contribution is -2.41. The second-order valence-electron chi connectivity index (χ2n) is 11.4. The summed E-state index contributed by atoms with van der Waals surface area (Å²) in [5.41, 5.74) is 4.57. The number of para-hydroxylation sites is 1. The average Bonchev–Trinajstić information content (AvgIpc) is 3.08. The van der Waals surface area contributed by atoms with Crippen LogP contribution < -0.4 is 29.2 Å². The van der Waals surface area contributed by atoms with Crippen molar-refractivity contribution >= 4 is 11.6 Å². The molecule has 3 aromatic carbocycles. The van der Waals surface area contributed by atoms with Gasteiger partial charge in [0.15, 0.2) is 11.5 Å². The number of amides is 1. The molecule has 3 aromatic rings. The zero-order valence-corrected chi connectivity index (χ0v) is 26.7. The topological polar surface area (TPSA) is 87.7 Å². The minimum Gasteiger partial charge on any atom is -0.493 e. The molecule has 0 aromatic heterocycles. The number of carbonyl (C=O) groups is 1. The monoisotopic (exact) mass is 618 g/mol. The van der Waals surface area contributed by atoms with E-state index in [1.165, 1.54) is 11.1 Å². The second-order valence-corrected chi connectivity index (χ2v) is 11.4. The molecule has 2 unspecified atom stereocenters. The van der Waals surface area contributed by atoms with E-state index in [9.17, 15) is 4.79 Å². The van der Waals surface area contributed by atoms with Gasteiger partial charge in [0.05, 0.1) is 40.1 Å². The molecule has 45 heavy (non-hydrogen) atoms. The molecular weight excluding hydrogens is 572 g/mol. The van der Waals surface area contributed by atoms with Crippen LogP contribution in [-0.2, 0) is 27.3 Å². The predicted molar refractivity (Wildman–Crippen MR) is 174 cm³/mol. The lowest BCUT2D eigenvalue weighted by molar-refractivity contribution is -0.118. The maximum atomic E-state index is 12.7. The average molecular weight is 619 g/mol. The Kier molecular flexibility index (Phi) is 12.0. The molecule has 1 fully saturated rings. The van der Waals surface area contributed by atoms with Crippen molar-refractivity contribution in [3.05, 3.63) is 77.4 Å². The summed E-state index contributed by atoms with van der Waals surface area (Å²) in [6, 6.07) is 20.4. The van der Waals surface area contributed by atoms with Crippen LogP contribution >= 0.6 is 0 Å². The SMILES string of the molecule is COCCCN1C(=O)CCc2ccc(COC3CNCCC3c3ccc(OCCCOc4c(OC)cccc4OC)cc3)cc21. The summed E-state index contributed by atoms with van der Waals surface area (Å²) >= 11 is 0. The van der Waals surface area contributed by atoms with E-state index in [-0.39, 0.29) is 17.9 Å². The summed E-state index contributed by atoms with van der Waals surface area (Å²) < 4.78 is 34.5. The number of carbonyl (C=O) groups excluding carboxylic acids is 1. The number of methoxy groups -OCH3 is 3. The lowest BCUT2D eigenvalue weighted by atomic mass is 9.87. The molecule has 9 nitrogen and oxygen atoms in total. The molecule has 2 aliphatic heterocycles. The number of rotatable bonds is 16. The minimum atomic E-state index is 0.0464. The van der Waals surface area contributed by atoms with E-state index in [1.54, 1.807) is 21.3 Å². The van der Waals surface area contributed by atoms with Crippen LogP contribution in [0.1, 0.15) is 48.3 Å². The highest BCUT2D eigenvalue weighted by atomic mass is 16.5. The molecule has 1 amide bonds. The van der Waals surface area contributed by atoms with Gasteiger partial charge in [0.2, 0.25) is 11.7 Å². The zero-order valence-electron chi connectivity index (χ0n) is 26.7. The maximum absolute atomic E-state index is 12.7. The number of benzene rings is 3. The Morgan fingerprint density at radius 1 is 0.867 bits per heavy atom. The van der Waals surface area contributed by atoms with Gasteiger partial charge in [-0.15, -0.1) is 0 Å². The van der Waals surface area contributed by atoms with Crippen molar-refractivity contribution in [3.63, 3.8) is 0 Å². The minimum absolute atomic E-state index is 0.0464. The van der Waals surface area contributed by atoms with Gasteiger partial charge < -0.3 is 38.6 Å². The Morgan fingerprint density at radius 2 is 1.64 bits per heavy atom. The molecule has 1 saturated heterocycles. The summed E-state index contributed by atoms with van der Waals surface area (Å²) in [5, 5.41) is 3.50. The highest BCUT2D eigenvalue weighted by Gasteiger charge is 2.28. The van der Waals surface area contributed by atoms with E-state index < -0.39 is 0 Å². The second kappa shape index (κ2) is 16.5. The number of hydrogen-bond donors (Lipinski definition) is 1. The highest BCUT2D eigenvalue weighted by molar-refractivity contribution is 5.96. The standard InChI is InChI=1S/C36H46N2O7/c1-40-20-5-19-38-31-23-26(9-10-28(31)13-16-35(38)39)25-45-34-24-37-18-17-30(34)27-11-14-29(15-12-27)43-21-6-22-44-36-32(41-2)7-4-8-33(36)42-3/h4,7-12,14-15,23,30,34,37H,5-6,13,16-22,24-25H2,1-3H3. The molecular formula is C36H46N2O7. The van der Waals surface area contributed by atoms with Gasteiger partial charge in [-0.1, -0.05) is 30.3 Å². The fourth-order valence-electron chi connectivity index (χ4n) is 6.07. The lowest BCUT2D eigenvalue weighted by Gasteiger charge is -2.33. The molecule has 242 valence electrons. The van der Waals surface area contributed by atoms with Crippen LogP contribution in [0.2, 0.25) is 0 Å². The summed E-state index contributed by atoms with van der Waals surface area (Å²) in [6.07, 6.45) is 3.93. The van der Waals surface area contributed by atoms with Crippen molar-refractivity contribution in [2.24, 2.45) is 0 Å². The Morgan fingerprint density at radius 3 is 2.40 bits per heavy atom. The van der Waals surface area contributed by atoms with Crippen LogP contribution in [0.25, 0.3) is 0 Å². The van der Waals surface area contributed by atoms with Gasteiger partial charge in [-0.3, -0.25) is 4.79 Å². The van der Waals surface area contributed by atoms with E-state index in [4.69, 9.17) is 28.4 Å². The Hall–Kier alpha value is -3.79.